The Kier molecular flexibility index (Phi) is 4.95. The third kappa shape index (κ3) is 3.61. The van der Waals surface area contributed by atoms with Crippen LogP contribution in [0.3, 0.4) is 0 Å². The molecule has 1 N–H and O–H groups in total. The van der Waals surface area contributed by atoms with E-state index >= 15 is 0 Å². The summed E-state index contributed by atoms with van der Waals surface area (Å²) in [6.45, 7) is -0.106. The number of likely N-dealkylation sites (tertiary alicyclic amines) is 1. The lowest BCUT2D eigenvalue weighted by Crippen LogP contribution is -2.51. The molecular weight excluding hydrogens is 357 g/mol. The van der Waals surface area contributed by atoms with E-state index in [0.29, 0.717) is 12.8 Å². The molecule has 1 atom stereocenters. The molecule has 1 saturated carbocycles. The van der Waals surface area contributed by atoms with Gasteiger partial charge in [0.15, 0.2) is 0 Å². The summed E-state index contributed by atoms with van der Waals surface area (Å²) in [4.78, 5) is 26.1. The van der Waals surface area contributed by atoms with Crippen molar-refractivity contribution < 1.29 is 22.8 Å². The van der Waals surface area contributed by atoms with Gasteiger partial charge in [-0.2, -0.15) is 13.2 Å². The molecule has 0 spiro atoms. The lowest BCUT2D eigenvalue weighted by Gasteiger charge is -2.38. The van der Waals surface area contributed by atoms with E-state index in [4.69, 9.17) is 11.6 Å². The van der Waals surface area contributed by atoms with Crippen LogP contribution in [0.5, 0.6) is 0 Å². The minimum atomic E-state index is -4.55. The Hall–Kier alpha value is -1.76. The molecule has 0 aromatic heterocycles. The van der Waals surface area contributed by atoms with Crippen molar-refractivity contribution in [3.05, 3.63) is 34.3 Å². The van der Waals surface area contributed by atoms with Crippen LogP contribution < -0.4 is 5.32 Å². The fraction of sp³-hybridized carbons (Fsp3) is 0.529. The van der Waals surface area contributed by atoms with E-state index in [1.54, 1.807) is 4.90 Å². The molecule has 25 heavy (non-hydrogen) atoms. The first-order valence-electron chi connectivity index (χ1n) is 8.22. The van der Waals surface area contributed by atoms with Crippen LogP contribution in [-0.4, -0.2) is 28.8 Å². The molecule has 1 aromatic rings. The van der Waals surface area contributed by atoms with Crippen molar-refractivity contribution in [1.82, 2.24) is 10.2 Å². The molecule has 1 saturated heterocycles. The van der Waals surface area contributed by atoms with E-state index in [2.05, 4.69) is 5.32 Å². The first-order valence-corrected chi connectivity index (χ1v) is 8.60. The van der Waals surface area contributed by atoms with Crippen LogP contribution in [-0.2, 0) is 22.3 Å². The van der Waals surface area contributed by atoms with Crippen LogP contribution >= 0.6 is 11.6 Å². The molecule has 1 aromatic carbocycles. The van der Waals surface area contributed by atoms with E-state index in [1.165, 1.54) is 12.1 Å². The Labute approximate surface area is 148 Å². The van der Waals surface area contributed by atoms with E-state index in [-0.39, 0.29) is 30.0 Å². The molecule has 1 aliphatic heterocycles. The lowest BCUT2D eigenvalue weighted by molar-refractivity contribution is -0.139. The van der Waals surface area contributed by atoms with Crippen LogP contribution in [0.2, 0.25) is 5.02 Å². The zero-order chi connectivity index (χ0) is 18.2. The van der Waals surface area contributed by atoms with Crippen LogP contribution in [0.25, 0.3) is 0 Å². The number of alkyl halides is 3. The van der Waals surface area contributed by atoms with E-state index in [1.807, 2.05) is 0 Å². The Morgan fingerprint density at radius 1 is 1.28 bits per heavy atom. The highest BCUT2D eigenvalue weighted by Gasteiger charge is 2.42. The molecule has 3 rings (SSSR count). The van der Waals surface area contributed by atoms with Gasteiger partial charge in [0, 0.05) is 19.0 Å². The molecule has 1 aliphatic carbocycles. The molecule has 2 aliphatic rings. The minimum Gasteiger partial charge on any atom is -0.350 e. The molecular formula is C17H18ClF3N2O2. The van der Waals surface area contributed by atoms with Crippen molar-refractivity contribution >= 4 is 23.4 Å². The van der Waals surface area contributed by atoms with Gasteiger partial charge in [-0.15, -0.1) is 0 Å². The highest BCUT2D eigenvalue weighted by atomic mass is 35.5. The second-order valence-corrected chi connectivity index (χ2v) is 6.81. The highest BCUT2D eigenvalue weighted by Crippen LogP contribution is 2.36. The largest absolute Gasteiger partial charge is 0.417 e. The fourth-order valence-corrected chi connectivity index (χ4v) is 3.62. The third-order valence-corrected chi connectivity index (χ3v) is 5.31. The van der Waals surface area contributed by atoms with Gasteiger partial charge in [0.25, 0.3) is 0 Å². The number of hydrogen-bond acceptors (Lipinski definition) is 2. The van der Waals surface area contributed by atoms with Gasteiger partial charge in [-0.3, -0.25) is 9.59 Å². The number of carbonyl (C=O) groups is 2. The Morgan fingerprint density at radius 2 is 2.00 bits per heavy atom. The number of hydrogen-bond donors (Lipinski definition) is 1. The van der Waals surface area contributed by atoms with Crippen molar-refractivity contribution in [2.45, 2.75) is 56.9 Å². The van der Waals surface area contributed by atoms with Gasteiger partial charge in [-0.25, -0.2) is 0 Å². The molecule has 2 amide bonds. The average Bonchev–Trinajstić information content (AvgIpc) is 2.85. The fourth-order valence-electron chi connectivity index (χ4n) is 3.32. The van der Waals surface area contributed by atoms with Crippen LogP contribution in [0.1, 0.15) is 43.2 Å². The molecule has 8 heteroatoms. The number of nitrogens with zero attached hydrogens (tertiary/aromatic N) is 1. The second-order valence-electron chi connectivity index (χ2n) is 6.43. The summed E-state index contributed by atoms with van der Waals surface area (Å²) in [6.07, 6.45) is -0.932. The number of amides is 2. The van der Waals surface area contributed by atoms with Gasteiger partial charge < -0.3 is 10.2 Å². The second kappa shape index (κ2) is 6.86. The van der Waals surface area contributed by atoms with Crippen LogP contribution in [0.4, 0.5) is 13.2 Å². The summed E-state index contributed by atoms with van der Waals surface area (Å²) >= 11 is 5.83. The summed E-state index contributed by atoms with van der Waals surface area (Å²) in [5.74, 6) is -0.367. The highest BCUT2D eigenvalue weighted by molar-refractivity contribution is 6.32. The molecule has 4 nitrogen and oxygen atoms in total. The van der Waals surface area contributed by atoms with Crippen molar-refractivity contribution in [2.24, 2.45) is 0 Å². The van der Waals surface area contributed by atoms with Crippen molar-refractivity contribution in [1.29, 1.82) is 0 Å². The third-order valence-electron chi connectivity index (χ3n) is 4.86. The lowest BCUT2D eigenvalue weighted by atomic mass is 9.91. The van der Waals surface area contributed by atoms with Gasteiger partial charge in [0.1, 0.15) is 6.04 Å². The zero-order valence-electron chi connectivity index (χ0n) is 13.4. The number of carbonyl (C=O) groups excluding carboxylic acids is 2. The zero-order valence-corrected chi connectivity index (χ0v) is 14.2. The molecule has 0 radical (unpaired) electrons. The SMILES string of the molecule is O=C(NCc1cccc(C(F)(F)F)c1Cl)C1CCC(=O)N1C1CCC1. The summed E-state index contributed by atoms with van der Waals surface area (Å²) in [5.41, 5.74) is -0.725. The maximum atomic E-state index is 12.9. The van der Waals surface area contributed by atoms with Crippen molar-refractivity contribution in [2.75, 3.05) is 0 Å². The van der Waals surface area contributed by atoms with Gasteiger partial charge in [-0.05, 0) is 37.3 Å². The maximum Gasteiger partial charge on any atom is 0.417 e. The quantitative estimate of drug-likeness (QED) is 0.876. The van der Waals surface area contributed by atoms with Gasteiger partial charge >= 0.3 is 6.18 Å². The summed E-state index contributed by atoms with van der Waals surface area (Å²) in [6, 6.07) is 3.18. The standard InChI is InChI=1S/C17H18ClF3N2O2/c18-15-10(3-1-6-12(15)17(19,20)21)9-22-16(25)13-7-8-14(24)23(13)11-4-2-5-11/h1,3,6,11,13H,2,4-5,7-9H2,(H,22,25). The molecule has 2 fully saturated rings. The monoisotopic (exact) mass is 374 g/mol. The first-order chi connectivity index (χ1) is 11.8. The van der Waals surface area contributed by atoms with Gasteiger partial charge in [-0.1, -0.05) is 23.7 Å². The number of benzene rings is 1. The predicted octanol–water partition coefficient (Wildman–Crippen LogP) is 3.52. The smallest absolute Gasteiger partial charge is 0.350 e. The summed E-state index contributed by atoms with van der Waals surface area (Å²) in [7, 11) is 0. The average molecular weight is 375 g/mol. The van der Waals surface area contributed by atoms with E-state index in [9.17, 15) is 22.8 Å². The Balaban J connectivity index is 1.67. The normalized spacial score (nSPS) is 21.4. The molecule has 136 valence electrons. The summed E-state index contributed by atoms with van der Waals surface area (Å²) < 4.78 is 38.7. The first kappa shape index (κ1) is 18.0. The van der Waals surface area contributed by atoms with Gasteiger partial charge in [0.2, 0.25) is 11.8 Å². The number of halogens is 4. The number of nitrogens with one attached hydrogen (secondary N) is 1. The molecule has 1 unspecified atom stereocenters. The maximum absolute atomic E-state index is 12.9. The predicted molar refractivity (Wildman–Crippen MR) is 85.8 cm³/mol. The van der Waals surface area contributed by atoms with Crippen molar-refractivity contribution in [3.8, 4) is 0 Å². The van der Waals surface area contributed by atoms with Crippen LogP contribution in [0.15, 0.2) is 18.2 Å². The topological polar surface area (TPSA) is 49.4 Å². The Morgan fingerprint density at radius 3 is 2.60 bits per heavy atom. The molecule has 1 heterocycles. The summed E-state index contributed by atoms with van der Waals surface area (Å²) in [5, 5.41) is 2.22. The molecule has 0 bridgehead atoms. The van der Waals surface area contributed by atoms with Crippen molar-refractivity contribution in [3.63, 3.8) is 0 Å². The Bertz CT molecular complexity index is 689. The van der Waals surface area contributed by atoms with Gasteiger partial charge in [0.05, 0.1) is 10.6 Å². The van der Waals surface area contributed by atoms with Crippen LogP contribution in [0, 0.1) is 0 Å². The number of rotatable bonds is 4. The minimum absolute atomic E-state index is 0.0260. The van der Waals surface area contributed by atoms with E-state index in [0.717, 1.165) is 25.3 Å². The van der Waals surface area contributed by atoms with E-state index < -0.39 is 22.8 Å².